The molecule has 2 saturated heterocycles. The van der Waals surface area contributed by atoms with Gasteiger partial charge in [-0.3, -0.25) is 9.69 Å². The molecule has 2 fully saturated rings. The van der Waals surface area contributed by atoms with E-state index in [1.165, 1.54) is 5.56 Å². The number of benzene rings is 1. The number of carbonyl (C=O) groups excluding carboxylic acids is 1. The molecule has 5 nitrogen and oxygen atoms in total. The molecule has 0 spiro atoms. The van der Waals surface area contributed by atoms with Crippen molar-refractivity contribution in [2.75, 3.05) is 19.6 Å². The number of rotatable bonds is 4. The van der Waals surface area contributed by atoms with Crippen LogP contribution in [-0.4, -0.2) is 55.1 Å². The Morgan fingerprint density at radius 1 is 1.17 bits per heavy atom. The van der Waals surface area contributed by atoms with E-state index < -0.39 is 14.3 Å². The molecule has 2 atom stereocenters. The van der Waals surface area contributed by atoms with Gasteiger partial charge in [-0.15, -0.1) is 0 Å². The van der Waals surface area contributed by atoms with Crippen LogP contribution >= 0.6 is 10.7 Å². The van der Waals surface area contributed by atoms with Crippen LogP contribution < -0.4 is 0 Å². The molecule has 126 valence electrons. The summed E-state index contributed by atoms with van der Waals surface area (Å²) in [6.45, 7) is 2.88. The summed E-state index contributed by atoms with van der Waals surface area (Å²) in [6.07, 6.45) is 1.95. The number of likely N-dealkylation sites (tertiary alicyclic amines) is 2. The summed E-state index contributed by atoms with van der Waals surface area (Å²) in [5.74, 6) is -0.0919. The van der Waals surface area contributed by atoms with Crippen molar-refractivity contribution in [1.29, 1.82) is 0 Å². The van der Waals surface area contributed by atoms with Crippen molar-refractivity contribution in [1.82, 2.24) is 9.80 Å². The summed E-state index contributed by atoms with van der Waals surface area (Å²) in [5, 5.41) is -0.763. The Kier molecular flexibility index (Phi) is 4.94. The molecule has 23 heavy (non-hydrogen) atoms. The van der Waals surface area contributed by atoms with E-state index in [1.54, 1.807) is 4.90 Å². The number of nitrogens with zero attached hydrogens (tertiary/aromatic N) is 2. The molecule has 2 aliphatic rings. The lowest BCUT2D eigenvalue weighted by atomic mass is 10.0. The second-order valence-corrected chi connectivity index (χ2v) is 9.27. The highest BCUT2D eigenvalue weighted by atomic mass is 35.7. The second kappa shape index (κ2) is 6.79. The van der Waals surface area contributed by atoms with E-state index in [2.05, 4.69) is 17.0 Å². The fourth-order valence-corrected chi connectivity index (χ4v) is 4.55. The molecule has 1 amide bonds. The van der Waals surface area contributed by atoms with E-state index in [-0.39, 0.29) is 24.9 Å². The summed E-state index contributed by atoms with van der Waals surface area (Å²) < 4.78 is 23.0. The summed E-state index contributed by atoms with van der Waals surface area (Å²) in [5.41, 5.74) is 1.25. The zero-order chi connectivity index (χ0) is 16.4. The molecule has 2 unspecified atom stereocenters. The Bertz CT molecular complexity index is 665. The first kappa shape index (κ1) is 16.7. The zero-order valence-corrected chi connectivity index (χ0v) is 14.5. The monoisotopic (exact) mass is 356 g/mol. The van der Waals surface area contributed by atoms with Gasteiger partial charge in [-0.25, -0.2) is 8.42 Å². The van der Waals surface area contributed by atoms with E-state index in [1.807, 2.05) is 18.2 Å². The molecule has 1 aromatic rings. The molecule has 0 N–H and O–H groups in total. The highest BCUT2D eigenvalue weighted by molar-refractivity contribution is 8.14. The van der Waals surface area contributed by atoms with Gasteiger partial charge in [0.25, 0.3) is 0 Å². The van der Waals surface area contributed by atoms with Gasteiger partial charge in [0.1, 0.15) is 5.25 Å². The third-order valence-electron chi connectivity index (χ3n) is 4.69. The first-order chi connectivity index (χ1) is 10.9. The van der Waals surface area contributed by atoms with Crippen LogP contribution in [-0.2, 0) is 20.4 Å². The van der Waals surface area contributed by atoms with Crippen molar-refractivity contribution in [3.63, 3.8) is 0 Å². The van der Waals surface area contributed by atoms with Gasteiger partial charge in [0.05, 0.1) is 0 Å². The van der Waals surface area contributed by atoms with Gasteiger partial charge in [-0.2, -0.15) is 0 Å². The van der Waals surface area contributed by atoms with Gasteiger partial charge in [0.15, 0.2) is 0 Å². The minimum Gasteiger partial charge on any atom is -0.337 e. The first-order valence-electron chi connectivity index (χ1n) is 7.92. The minimum atomic E-state index is -3.67. The number of piperidine rings is 1. The highest BCUT2D eigenvalue weighted by Gasteiger charge is 2.41. The Morgan fingerprint density at radius 3 is 2.57 bits per heavy atom. The molecule has 0 aliphatic carbocycles. The van der Waals surface area contributed by atoms with Gasteiger partial charge in [-0.05, 0) is 24.9 Å². The van der Waals surface area contributed by atoms with Crippen LogP contribution in [0.5, 0.6) is 0 Å². The lowest BCUT2D eigenvalue weighted by Gasteiger charge is -2.37. The zero-order valence-electron chi connectivity index (χ0n) is 12.9. The quantitative estimate of drug-likeness (QED) is 0.772. The van der Waals surface area contributed by atoms with Crippen molar-refractivity contribution in [3.05, 3.63) is 35.9 Å². The van der Waals surface area contributed by atoms with Gasteiger partial charge < -0.3 is 4.90 Å². The van der Waals surface area contributed by atoms with Gasteiger partial charge in [0, 0.05) is 42.8 Å². The van der Waals surface area contributed by atoms with Crippen LogP contribution in [0.25, 0.3) is 0 Å². The fourth-order valence-electron chi connectivity index (χ4n) is 3.51. The predicted molar refractivity (Wildman–Crippen MR) is 89.6 cm³/mol. The third-order valence-corrected chi connectivity index (χ3v) is 6.56. The summed E-state index contributed by atoms with van der Waals surface area (Å²) in [7, 11) is 1.75. The maximum Gasteiger partial charge on any atom is 0.237 e. The van der Waals surface area contributed by atoms with Crippen LogP contribution in [0.1, 0.15) is 24.8 Å². The van der Waals surface area contributed by atoms with Crippen LogP contribution in [0.3, 0.4) is 0 Å². The van der Waals surface area contributed by atoms with E-state index in [4.69, 9.17) is 10.7 Å². The molecular formula is C16H21ClN2O3S. The van der Waals surface area contributed by atoms with E-state index in [0.29, 0.717) is 0 Å². The van der Waals surface area contributed by atoms with Crippen molar-refractivity contribution in [2.45, 2.75) is 37.1 Å². The number of amides is 1. The van der Waals surface area contributed by atoms with Crippen LogP contribution in [0.2, 0.25) is 0 Å². The smallest absolute Gasteiger partial charge is 0.237 e. The number of halogens is 1. The molecule has 3 rings (SSSR count). The molecule has 0 radical (unpaired) electrons. The third kappa shape index (κ3) is 4.05. The van der Waals surface area contributed by atoms with Crippen molar-refractivity contribution in [3.8, 4) is 0 Å². The van der Waals surface area contributed by atoms with Gasteiger partial charge in [0.2, 0.25) is 15.0 Å². The summed E-state index contributed by atoms with van der Waals surface area (Å²) in [4.78, 5) is 16.2. The largest absolute Gasteiger partial charge is 0.337 e. The summed E-state index contributed by atoms with van der Waals surface area (Å²) in [6, 6.07) is 10.3. The topological polar surface area (TPSA) is 57.7 Å². The maximum atomic E-state index is 12.2. The summed E-state index contributed by atoms with van der Waals surface area (Å²) >= 11 is 0. The highest BCUT2D eigenvalue weighted by Crippen LogP contribution is 2.27. The Morgan fingerprint density at radius 2 is 1.91 bits per heavy atom. The minimum absolute atomic E-state index is 0.0149. The Hall–Kier alpha value is -1.11. The van der Waals surface area contributed by atoms with Crippen LogP contribution in [0.4, 0.5) is 0 Å². The Labute approximate surface area is 141 Å². The van der Waals surface area contributed by atoms with Crippen LogP contribution in [0.15, 0.2) is 30.3 Å². The lowest BCUT2D eigenvalue weighted by Crippen LogP contribution is -2.48. The number of hydrogen-bond donors (Lipinski definition) is 0. The van der Waals surface area contributed by atoms with Gasteiger partial charge in [-0.1, -0.05) is 30.3 Å². The lowest BCUT2D eigenvalue weighted by molar-refractivity contribution is -0.130. The number of carbonyl (C=O) groups is 1. The van der Waals surface area contributed by atoms with E-state index in [9.17, 15) is 13.2 Å². The SMILES string of the molecule is O=C1CC(S(=O)(=O)Cl)CN1C1CCCN(Cc2ccccc2)C1. The fraction of sp³-hybridized carbons (Fsp3) is 0.562. The van der Waals surface area contributed by atoms with Crippen LogP contribution in [0, 0.1) is 0 Å². The second-order valence-electron chi connectivity index (χ2n) is 6.36. The molecule has 7 heteroatoms. The Balaban J connectivity index is 1.63. The van der Waals surface area contributed by atoms with E-state index >= 15 is 0 Å². The standard InChI is InChI=1S/C16H21ClN2O3S/c17-23(21,22)15-9-16(20)19(12-15)14-7-4-8-18(11-14)10-13-5-2-1-3-6-13/h1-3,5-6,14-15H,4,7-12H2. The number of hydrogen-bond acceptors (Lipinski definition) is 4. The first-order valence-corrected chi connectivity index (χ1v) is 10.3. The molecule has 0 aromatic heterocycles. The van der Waals surface area contributed by atoms with Crippen molar-refractivity contribution < 1.29 is 13.2 Å². The molecule has 0 saturated carbocycles. The normalized spacial score (nSPS) is 26.7. The van der Waals surface area contributed by atoms with Gasteiger partial charge >= 0.3 is 0 Å². The average Bonchev–Trinajstić information content (AvgIpc) is 2.91. The molecule has 2 heterocycles. The van der Waals surface area contributed by atoms with Crippen molar-refractivity contribution in [2.24, 2.45) is 0 Å². The molecule has 2 aliphatic heterocycles. The van der Waals surface area contributed by atoms with Crippen molar-refractivity contribution >= 4 is 25.6 Å². The molecular weight excluding hydrogens is 336 g/mol. The predicted octanol–water partition coefficient (Wildman–Crippen LogP) is 1.82. The van der Waals surface area contributed by atoms with E-state index in [0.717, 1.165) is 32.5 Å². The average molecular weight is 357 g/mol. The molecule has 0 bridgehead atoms. The molecule has 1 aromatic carbocycles. The maximum absolute atomic E-state index is 12.2.